The molecule has 0 saturated heterocycles. The van der Waals surface area contributed by atoms with Crippen molar-refractivity contribution < 1.29 is 14.3 Å². The van der Waals surface area contributed by atoms with Gasteiger partial charge in [-0.2, -0.15) is 0 Å². The second kappa shape index (κ2) is 6.29. The highest BCUT2D eigenvalue weighted by atomic mass is 35.5. The van der Waals surface area contributed by atoms with E-state index in [4.69, 9.17) is 16.0 Å². The summed E-state index contributed by atoms with van der Waals surface area (Å²) in [4.78, 5) is 12.1. The fourth-order valence-electron chi connectivity index (χ4n) is 2.05. The second-order valence-corrected chi connectivity index (χ2v) is 5.24. The van der Waals surface area contributed by atoms with Crippen molar-refractivity contribution in [1.29, 1.82) is 0 Å². The quantitative estimate of drug-likeness (QED) is 0.890. The van der Waals surface area contributed by atoms with Crippen LogP contribution in [0.2, 0.25) is 5.02 Å². The van der Waals surface area contributed by atoms with E-state index >= 15 is 0 Å². The summed E-state index contributed by atoms with van der Waals surface area (Å²) < 4.78 is 5.57. The number of aryl methyl sites for hydroxylation is 1. The topological polar surface area (TPSA) is 62.5 Å². The number of furan rings is 1. The van der Waals surface area contributed by atoms with Crippen molar-refractivity contribution in [3.8, 4) is 0 Å². The molecule has 2 aromatic rings. The molecule has 0 aliphatic rings. The Morgan fingerprint density at radius 2 is 2.25 bits per heavy atom. The van der Waals surface area contributed by atoms with E-state index in [1.807, 2.05) is 13.8 Å². The molecule has 0 bridgehead atoms. The predicted octanol–water partition coefficient (Wildman–Crippen LogP) is 3.29. The van der Waals surface area contributed by atoms with Gasteiger partial charge in [-0.15, -0.1) is 0 Å². The van der Waals surface area contributed by atoms with Crippen LogP contribution in [0.5, 0.6) is 0 Å². The van der Waals surface area contributed by atoms with Crippen LogP contribution in [0, 0.1) is 6.92 Å². The van der Waals surface area contributed by atoms with Crippen molar-refractivity contribution in [3.05, 3.63) is 34.5 Å². The van der Waals surface area contributed by atoms with E-state index in [-0.39, 0.29) is 12.0 Å². The number of hydrogen-bond donors (Lipinski definition) is 2. The molecule has 4 nitrogen and oxygen atoms in total. The molecule has 5 heteroatoms. The van der Waals surface area contributed by atoms with E-state index in [2.05, 4.69) is 5.32 Å². The largest absolute Gasteiger partial charge is 0.451 e. The number of hydrogen-bond acceptors (Lipinski definition) is 3. The van der Waals surface area contributed by atoms with Crippen molar-refractivity contribution in [2.45, 2.75) is 32.8 Å². The van der Waals surface area contributed by atoms with E-state index in [0.717, 1.165) is 10.9 Å². The van der Waals surface area contributed by atoms with Crippen LogP contribution < -0.4 is 5.32 Å². The monoisotopic (exact) mass is 295 g/mol. The third-order valence-corrected chi connectivity index (χ3v) is 3.57. The van der Waals surface area contributed by atoms with Crippen molar-refractivity contribution in [1.82, 2.24) is 5.32 Å². The van der Waals surface area contributed by atoms with Gasteiger partial charge < -0.3 is 14.8 Å². The maximum absolute atomic E-state index is 12.1. The van der Waals surface area contributed by atoms with E-state index in [1.54, 1.807) is 18.2 Å². The van der Waals surface area contributed by atoms with Crippen LogP contribution in [0.15, 0.2) is 22.6 Å². The van der Waals surface area contributed by atoms with Crippen molar-refractivity contribution in [2.75, 3.05) is 6.54 Å². The Hall–Kier alpha value is -1.52. The summed E-state index contributed by atoms with van der Waals surface area (Å²) in [7, 11) is 0. The summed E-state index contributed by atoms with van der Waals surface area (Å²) in [6, 6.07) is 5.27. The molecule has 0 spiro atoms. The predicted molar refractivity (Wildman–Crippen MR) is 79.2 cm³/mol. The van der Waals surface area contributed by atoms with Crippen molar-refractivity contribution >= 4 is 28.5 Å². The molecule has 0 fully saturated rings. The molecule has 0 radical (unpaired) electrons. The molecular weight excluding hydrogens is 278 g/mol. The molecule has 1 amide bonds. The molecule has 2 rings (SSSR count). The molecule has 0 aliphatic heterocycles. The van der Waals surface area contributed by atoms with Gasteiger partial charge in [-0.1, -0.05) is 18.5 Å². The van der Waals surface area contributed by atoms with Crippen LogP contribution >= 0.6 is 11.6 Å². The van der Waals surface area contributed by atoms with Crippen LogP contribution in [0.4, 0.5) is 0 Å². The minimum Gasteiger partial charge on any atom is -0.451 e. The molecule has 1 unspecified atom stereocenters. The summed E-state index contributed by atoms with van der Waals surface area (Å²) in [6.07, 6.45) is 0.830. The number of halogens is 1. The van der Waals surface area contributed by atoms with E-state index < -0.39 is 0 Å². The van der Waals surface area contributed by atoms with Gasteiger partial charge in [0.05, 0.1) is 6.10 Å². The normalized spacial score (nSPS) is 12.6. The van der Waals surface area contributed by atoms with E-state index in [9.17, 15) is 9.90 Å². The molecule has 1 aromatic carbocycles. The standard InChI is InChI=1S/C15H18ClNO3/c1-3-11(18)6-7-17-15(19)14-9(2)12-8-10(16)4-5-13(12)20-14/h4-5,8,11,18H,3,6-7H2,1-2H3,(H,17,19). The molecule has 1 heterocycles. The van der Waals surface area contributed by atoms with Gasteiger partial charge >= 0.3 is 0 Å². The fraction of sp³-hybridized carbons (Fsp3) is 0.400. The summed E-state index contributed by atoms with van der Waals surface area (Å²) in [5.41, 5.74) is 1.42. The Bertz CT molecular complexity index is 621. The first-order valence-electron chi connectivity index (χ1n) is 6.67. The zero-order valence-electron chi connectivity index (χ0n) is 11.6. The Labute approximate surface area is 122 Å². The van der Waals surface area contributed by atoms with Crippen LogP contribution in [0.3, 0.4) is 0 Å². The van der Waals surface area contributed by atoms with Gasteiger partial charge in [-0.25, -0.2) is 0 Å². The lowest BCUT2D eigenvalue weighted by molar-refractivity contribution is 0.0915. The average molecular weight is 296 g/mol. The molecular formula is C15H18ClNO3. The highest BCUT2D eigenvalue weighted by Crippen LogP contribution is 2.27. The molecule has 1 atom stereocenters. The molecule has 108 valence electrons. The maximum Gasteiger partial charge on any atom is 0.287 e. The van der Waals surface area contributed by atoms with E-state index in [1.165, 1.54) is 0 Å². The lowest BCUT2D eigenvalue weighted by Crippen LogP contribution is -2.27. The SMILES string of the molecule is CCC(O)CCNC(=O)c1oc2ccc(Cl)cc2c1C. The molecule has 20 heavy (non-hydrogen) atoms. The number of rotatable bonds is 5. The van der Waals surface area contributed by atoms with Gasteiger partial charge in [-0.3, -0.25) is 4.79 Å². The number of fused-ring (bicyclic) bond motifs is 1. The van der Waals surface area contributed by atoms with Gasteiger partial charge in [0.2, 0.25) is 0 Å². The van der Waals surface area contributed by atoms with E-state index in [0.29, 0.717) is 35.8 Å². The first kappa shape index (κ1) is 14.9. The molecule has 1 aromatic heterocycles. The third-order valence-electron chi connectivity index (χ3n) is 3.34. The Morgan fingerprint density at radius 3 is 2.95 bits per heavy atom. The summed E-state index contributed by atoms with van der Waals surface area (Å²) in [6.45, 7) is 4.16. The van der Waals surface area contributed by atoms with Crippen LogP contribution in [0.1, 0.15) is 35.9 Å². The summed E-state index contributed by atoms with van der Waals surface area (Å²) in [5.74, 6) is 0.0337. The van der Waals surface area contributed by atoms with Crippen LogP contribution in [0.25, 0.3) is 11.0 Å². The minimum absolute atomic E-state index is 0.266. The number of aliphatic hydroxyl groups is 1. The van der Waals surface area contributed by atoms with Crippen LogP contribution in [-0.4, -0.2) is 23.7 Å². The van der Waals surface area contributed by atoms with Crippen molar-refractivity contribution in [2.24, 2.45) is 0 Å². The Balaban J connectivity index is 2.12. The number of aliphatic hydroxyl groups excluding tert-OH is 1. The smallest absolute Gasteiger partial charge is 0.287 e. The zero-order chi connectivity index (χ0) is 14.7. The molecule has 2 N–H and O–H groups in total. The van der Waals surface area contributed by atoms with Gasteiger partial charge in [0.25, 0.3) is 5.91 Å². The van der Waals surface area contributed by atoms with Gasteiger partial charge in [-0.05, 0) is 38.0 Å². The van der Waals surface area contributed by atoms with Gasteiger partial charge in [0.1, 0.15) is 5.58 Å². The number of amides is 1. The van der Waals surface area contributed by atoms with Crippen LogP contribution in [-0.2, 0) is 0 Å². The summed E-state index contributed by atoms with van der Waals surface area (Å²) >= 11 is 5.94. The average Bonchev–Trinajstić information content (AvgIpc) is 2.75. The lowest BCUT2D eigenvalue weighted by Gasteiger charge is -2.07. The van der Waals surface area contributed by atoms with Crippen molar-refractivity contribution in [3.63, 3.8) is 0 Å². The molecule has 0 saturated carbocycles. The first-order valence-corrected chi connectivity index (χ1v) is 7.05. The lowest BCUT2D eigenvalue weighted by atomic mass is 10.1. The summed E-state index contributed by atoms with van der Waals surface area (Å²) in [5, 5.41) is 13.7. The number of nitrogens with one attached hydrogen (secondary N) is 1. The second-order valence-electron chi connectivity index (χ2n) is 4.80. The Morgan fingerprint density at radius 1 is 1.50 bits per heavy atom. The zero-order valence-corrected chi connectivity index (χ0v) is 12.3. The highest BCUT2D eigenvalue weighted by molar-refractivity contribution is 6.31. The Kier molecular flexibility index (Phi) is 4.68. The van der Waals surface area contributed by atoms with Gasteiger partial charge in [0.15, 0.2) is 5.76 Å². The first-order chi connectivity index (χ1) is 9.52. The minimum atomic E-state index is -0.383. The number of benzene rings is 1. The third kappa shape index (κ3) is 3.14. The molecule has 0 aliphatic carbocycles. The number of carbonyl (C=O) groups is 1. The van der Waals surface area contributed by atoms with Gasteiger partial charge in [0, 0.05) is 22.5 Å². The highest BCUT2D eigenvalue weighted by Gasteiger charge is 2.17. The fourth-order valence-corrected chi connectivity index (χ4v) is 2.22. The number of carbonyl (C=O) groups excluding carboxylic acids is 1. The maximum atomic E-state index is 12.1.